The van der Waals surface area contributed by atoms with Crippen LogP contribution in [-0.2, 0) is 0 Å². The van der Waals surface area contributed by atoms with Crippen molar-refractivity contribution in [2.45, 2.75) is 26.7 Å². The van der Waals surface area contributed by atoms with Gasteiger partial charge in [0.15, 0.2) is 0 Å². The van der Waals surface area contributed by atoms with Gasteiger partial charge in [0.25, 0.3) is 0 Å². The van der Waals surface area contributed by atoms with Crippen molar-refractivity contribution in [3.63, 3.8) is 0 Å². The molecule has 0 aromatic carbocycles. The fraction of sp³-hybridized carbons (Fsp3) is 0.857. The summed E-state index contributed by atoms with van der Waals surface area (Å²) in [7, 11) is 0. The van der Waals surface area contributed by atoms with Crippen LogP contribution in [0.3, 0.4) is 0 Å². The van der Waals surface area contributed by atoms with E-state index in [4.69, 9.17) is 0 Å². The smallest absolute Gasteiger partial charge is 0.0380 e. The lowest BCUT2D eigenvalue weighted by Crippen LogP contribution is -2.17. The van der Waals surface area contributed by atoms with Crippen LogP contribution in [0.4, 0.5) is 0 Å². The van der Waals surface area contributed by atoms with E-state index in [1.54, 1.807) is 0 Å². The summed E-state index contributed by atoms with van der Waals surface area (Å²) in [6.07, 6.45) is 5.11. The molecule has 0 heteroatoms. The van der Waals surface area contributed by atoms with E-state index in [1.807, 2.05) is 0 Å². The second kappa shape index (κ2) is 1.85. The zero-order valence-corrected chi connectivity index (χ0v) is 5.15. The average molecular weight is 97.2 g/mol. The molecule has 1 saturated carbocycles. The molecule has 0 spiro atoms. The minimum Gasteiger partial charge on any atom is -0.0625 e. The maximum Gasteiger partial charge on any atom is -0.0380 e. The molecule has 7 heavy (non-hydrogen) atoms. The fourth-order valence-electron chi connectivity index (χ4n) is 0.903. The second-order valence-electron chi connectivity index (χ2n) is 2.76. The van der Waals surface area contributed by atoms with Crippen LogP contribution in [0.15, 0.2) is 0 Å². The van der Waals surface area contributed by atoms with E-state index in [2.05, 4.69) is 20.3 Å². The normalized spacial score (nSPS) is 22.7. The van der Waals surface area contributed by atoms with E-state index in [0.29, 0.717) is 0 Å². The molecule has 1 fully saturated rings. The second-order valence-corrected chi connectivity index (χ2v) is 2.76. The van der Waals surface area contributed by atoms with E-state index in [-0.39, 0.29) is 0 Å². The van der Waals surface area contributed by atoms with Crippen LogP contribution < -0.4 is 0 Å². The molecule has 0 atom stereocenters. The molecule has 0 saturated heterocycles. The molecule has 0 aliphatic heterocycles. The van der Waals surface area contributed by atoms with Crippen LogP contribution in [0, 0.1) is 18.3 Å². The molecule has 1 radical (unpaired) electrons. The first kappa shape index (κ1) is 5.14. The molecule has 0 nitrogen and oxygen atoms in total. The number of hydrogen-bond acceptors (Lipinski definition) is 0. The van der Waals surface area contributed by atoms with Crippen molar-refractivity contribution in [2.24, 2.45) is 11.8 Å². The van der Waals surface area contributed by atoms with E-state index in [1.165, 1.54) is 12.8 Å². The third-order valence-corrected chi connectivity index (χ3v) is 1.88. The Kier molecular flexibility index (Phi) is 1.36. The van der Waals surface area contributed by atoms with Gasteiger partial charge in [0.2, 0.25) is 0 Å². The Bertz CT molecular complexity index is 51.1. The molecule has 0 aromatic heterocycles. The van der Waals surface area contributed by atoms with Crippen LogP contribution in [0.5, 0.6) is 0 Å². The fourth-order valence-corrected chi connectivity index (χ4v) is 0.903. The van der Waals surface area contributed by atoms with Gasteiger partial charge in [-0.2, -0.15) is 0 Å². The summed E-state index contributed by atoms with van der Waals surface area (Å²) in [5.41, 5.74) is 0. The lowest BCUT2D eigenvalue weighted by Gasteiger charge is -2.28. The first-order chi connectivity index (χ1) is 3.30. The molecule has 0 N–H and O–H groups in total. The molecule has 41 valence electrons. The topological polar surface area (TPSA) is 0 Å². The summed E-state index contributed by atoms with van der Waals surface area (Å²) >= 11 is 0. The van der Waals surface area contributed by atoms with Crippen molar-refractivity contribution < 1.29 is 0 Å². The largest absolute Gasteiger partial charge is 0.0625 e. The Labute approximate surface area is 45.9 Å². The Balaban J connectivity index is 2.14. The summed E-state index contributed by atoms with van der Waals surface area (Å²) in [5.74, 6) is 1.95. The molecule has 0 amide bonds. The molecule has 1 rings (SSSR count). The van der Waals surface area contributed by atoms with Gasteiger partial charge < -0.3 is 0 Å². The first-order valence-corrected chi connectivity index (χ1v) is 3.12. The summed E-state index contributed by atoms with van der Waals surface area (Å²) in [5, 5.41) is 0. The summed E-state index contributed by atoms with van der Waals surface area (Å²) in [6.45, 7) is 4.61. The van der Waals surface area contributed by atoms with Gasteiger partial charge in [0.05, 0.1) is 0 Å². The van der Waals surface area contributed by atoms with Crippen molar-refractivity contribution in [3.8, 4) is 0 Å². The van der Waals surface area contributed by atoms with Crippen LogP contribution in [0.25, 0.3) is 0 Å². The lowest BCUT2D eigenvalue weighted by atomic mass is 9.78. The zero-order chi connectivity index (χ0) is 5.28. The number of hydrogen-bond donors (Lipinski definition) is 0. The Morgan fingerprint density at radius 1 is 1.43 bits per heavy atom. The van der Waals surface area contributed by atoms with Crippen molar-refractivity contribution in [2.75, 3.05) is 0 Å². The van der Waals surface area contributed by atoms with Gasteiger partial charge in [-0.05, 0) is 31.1 Å². The molecule has 0 bridgehead atoms. The monoisotopic (exact) mass is 97.1 g/mol. The van der Waals surface area contributed by atoms with Crippen LogP contribution in [-0.4, -0.2) is 0 Å². The third-order valence-electron chi connectivity index (χ3n) is 1.88. The molecular weight excluding hydrogens is 84.1 g/mol. The molecule has 0 unspecified atom stereocenters. The van der Waals surface area contributed by atoms with Crippen molar-refractivity contribution in [1.29, 1.82) is 0 Å². The number of rotatable bonds is 1. The third kappa shape index (κ3) is 0.960. The predicted molar refractivity (Wildman–Crippen MR) is 31.9 cm³/mol. The summed E-state index contributed by atoms with van der Waals surface area (Å²) in [4.78, 5) is 0. The highest BCUT2D eigenvalue weighted by Crippen LogP contribution is 2.31. The van der Waals surface area contributed by atoms with Gasteiger partial charge in [-0.25, -0.2) is 0 Å². The zero-order valence-electron chi connectivity index (χ0n) is 5.15. The minimum absolute atomic E-state index is 0.921. The Hall–Kier alpha value is 0. The van der Waals surface area contributed by atoms with Gasteiger partial charge in [-0.3, -0.25) is 0 Å². The first-order valence-electron chi connectivity index (χ1n) is 3.12. The summed E-state index contributed by atoms with van der Waals surface area (Å²) in [6, 6.07) is 0. The van der Waals surface area contributed by atoms with Gasteiger partial charge >= 0.3 is 0 Å². The van der Waals surface area contributed by atoms with Gasteiger partial charge in [-0.15, -0.1) is 0 Å². The highest BCUT2D eigenvalue weighted by molar-refractivity contribution is 4.86. The van der Waals surface area contributed by atoms with Crippen molar-refractivity contribution in [3.05, 3.63) is 6.42 Å². The SMILES string of the molecule is CC(C)C1C[CH]C1. The minimum atomic E-state index is 0.921. The summed E-state index contributed by atoms with van der Waals surface area (Å²) < 4.78 is 0. The maximum atomic E-state index is 2.37. The molecular formula is C7H13. The van der Waals surface area contributed by atoms with E-state index >= 15 is 0 Å². The van der Waals surface area contributed by atoms with Crippen molar-refractivity contribution in [1.82, 2.24) is 0 Å². The lowest BCUT2D eigenvalue weighted by molar-refractivity contribution is 0.303. The van der Waals surface area contributed by atoms with E-state index < -0.39 is 0 Å². The highest BCUT2D eigenvalue weighted by Gasteiger charge is 2.20. The quantitative estimate of drug-likeness (QED) is 0.470. The molecule has 0 heterocycles. The van der Waals surface area contributed by atoms with E-state index in [0.717, 1.165) is 11.8 Å². The van der Waals surface area contributed by atoms with Crippen LogP contribution in [0.2, 0.25) is 0 Å². The predicted octanol–water partition coefficient (Wildman–Crippen LogP) is 2.26. The maximum absolute atomic E-state index is 2.37. The molecule has 1 aliphatic rings. The Morgan fingerprint density at radius 2 is 2.00 bits per heavy atom. The Morgan fingerprint density at radius 3 is 2.00 bits per heavy atom. The van der Waals surface area contributed by atoms with Gasteiger partial charge in [0, 0.05) is 0 Å². The highest BCUT2D eigenvalue weighted by atomic mass is 14.3. The van der Waals surface area contributed by atoms with E-state index in [9.17, 15) is 0 Å². The molecule has 0 aromatic rings. The van der Waals surface area contributed by atoms with Crippen LogP contribution in [0.1, 0.15) is 26.7 Å². The van der Waals surface area contributed by atoms with Gasteiger partial charge in [-0.1, -0.05) is 13.8 Å². The van der Waals surface area contributed by atoms with Crippen molar-refractivity contribution >= 4 is 0 Å². The van der Waals surface area contributed by atoms with Crippen LogP contribution >= 0.6 is 0 Å². The average Bonchev–Trinajstić information content (AvgIpc) is 1.23. The van der Waals surface area contributed by atoms with Gasteiger partial charge in [0.1, 0.15) is 0 Å². The molecule has 1 aliphatic carbocycles. The standard InChI is InChI=1S/C7H13/c1-6(2)7-4-3-5-7/h3,6-7H,4-5H2,1-2H3.